The first-order valence-corrected chi connectivity index (χ1v) is 16.0. The van der Waals surface area contributed by atoms with Crippen molar-refractivity contribution in [3.05, 3.63) is 101 Å². The highest BCUT2D eigenvalue weighted by Gasteiger charge is 2.52. The Kier molecular flexibility index (Phi) is 12.0. The van der Waals surface area contributed by atoms with Crippen LogP contribution in [-0.4, -0.2) is 54.2 Å². The Hall–Kier alpha value is -3.86. The number of hydrogen-bond acceptors (Lipinski definition) is 10. The monoisotopic (exact) mass is 636 g/mol. The van der Waals surface area contributed by atoms with Gasteiger partial charge in [0.1, 0.15) is 17.3 Å². The van der Waals surface area contributed by atoms with E-state index < -0.39 is 54.0 Å². The highest BCUT2D eigenvalue weighted by Crippen LogP contribution is 2.41. The molecule has 0 aliphatic carbocycles. The van der Waals surface area contributed by atoms with Crippen LogP contribution in [-0.2, 0) is 51.1 Å². The fourth-order valence-electron chi connectivity index (χ4n) is 5.21. The Bertz CT molecular complexity index is 1440. The first-order chi connectivity index (χ1) is 21.5. The molecule has 10 heteroatoms. The second kappa shape index (κ2) is 15.9. The van der Waals surface area contributed by atoms with E-state index in [1.807, 2.05) is 86.6 Å². The predicted octanol–water partition coefficient (Wildman–Crippen LogP) is 6.08. The van der Waals surface area contributed by atoms with Crippen LogP contribution in [0.15, 0.2) is 72.8 Å². The normalized spacial score (nSPS) is 21.8. The summed E-state index contributed by atoms with van der Waals surface area (Å²) in [5.41, 5.74) is 4.32. The Morgan fingerprint density at radius 1 is 0.800 bits per heavy atom. The predicted molar refractivity (Wildman–Crippen MR) is 170 cm³/mol. The minimum Gasteiger partial charge on any atom is -0.465 e. The molecule has 0 spiro atoms. The van der Waals surface area contributed by atoms with Crippen molar-refractivity contribution in [2.75, 3.05) is 6.26 Å². The number of carbonyl (C=O) groups is 3. The van der Waals surface area contributed by atoms with Gasteiger partial charge < -0.3 is 28.4 Å². The maximum absolute atomic E-state index is 12.2. The van der Waals surface area contributed by atoms with Crippen molar-refractivity contribution in [2.45, 2.75) is 83.8 Å². The summed E-state index contributed by atoms with van der Waals surface area (Å²) < 4.78 is 35.0. The van der Waals surface area contributed by atoms with Crippen LogP contribution in [0, 0.1) is 6.92 Å². The quantitative estimate of drug-likeness (QED) is 0.132. The van der Waals surface area contributed by atoms with E-state index in [-0.39, 0.29) is 0 Å². The van der Waals surface area contributed by atoms with Gasteiger partial charge in [0, 0.05) is 20.8 Å². The zero-order valence-electron chi connectivity index (χ0n) is 26.4. The summed E-state index contributed by atoms with van der Waals surface area (Å²) in [6, 6.07) is 23.7. The van der Waals surface area contributed by atoms with Crippen molar-refractivity contribution in [3.63, 3.8) is 0 Å². The van der Waals surface area contributed by atoms with Gasteiger partial charge in [0.2, 0.25) is 0 Å². The molecule has 1 aliphatic heterocycles. The minimum absolute atomic E-state index is 0.419. The number of carbonyl (C=O) groups excluding carboxylic acids is 3. The maximum atomic E-state index is 12.2. The second-order valence-electron chi connectivity index (χ2n) is 10.9. The average molecular weight is 637 g/mol. The molecule has 9 nitrogen and oxygen atoms in total. The van der Waals surface area contributed by atoms with Gasteiger partial charge in [-0.2, -0.15) is 0 Å². The highest BCUT2D eigenvalue weighted by molar-refractivity contribution is 7.99. The molecule has 0 amide bonds. The van der Waals surface area contributed by atoms with Gasteiger partial charge in [-0.3, -0.25) is 14.4 Å². The summed E-state index contributed by atoms with van der Waals surface area (Å²) in [5, 5.41) is 0. The number of benzene rings is 3. The summed E-state index contributed by atoms with van der Waals surface area (Å²) in [5.74, 6) is -1.04. The number of aryl methyl sites for hydroxylation is 1. The summed E-state index contributed by atoms with van der Waals surface area (Å²) in [4.78, 5) is 36.3. The molecule has 1 aliphatic rings. The molecule has 0 saturated carbocycles. The van der Waals surface area contributed by atoms with Crippen LogP contribution in [0.25, 0.3) is 0 Å². The van der Waals surface area contributed by atoms with Crippen molar-refractivity contribution in [2.24, 2.45) is 0 Å². The summed E-state index contributed by atoms with van der Waals surface area (Å²) in [6.45, 7) is 8.14. The Labute approximate surface area is 268 Å². The number of esters is 3. The summed E-state index contributed by atoms with van der Waals surface area (Å²) in [7, 11) is 0. The van der Waals surface area contributed by atoms with E-state index in [2.05, 4.69) is 0 Å². The van der Waals surface area contributed by atoms with E-state index in [0.29, 0.717) is 18.8 Å². The van der Waals surface area contributed by atoms with Crippen molar-refractivity contribution in [3.8, 4) is 5.75 Å². The second-order valence-corrected chi connectivity index (χ2v) is 11.8. The Morgan fingerprint density at radius 2 is 1.42 bits per heavy atom. The van der Waals surface area contributed by atoms with Gasteiger partial charge in [-0.15, -0.1) is 11.8 Å². The standard InChI is InChI=1S/C35H40O9S/c1-21-12-15-28(31-32(40-22(2)36)33(41-23(3)37)34(42-24(4)38)35(44-31)45-6)19-29(21)18-26-13-16-30(17-14-26)43-25(5)39-20-27-10-8-7-9-11-27/h7-17,19,25,31-35H,18,20H2,1-6H3/t25?,31-,32-,33+,34-,35+/m0/s1. The van der Waals surface area contributed by atoms with E-state index in [9.17, 15) is 14.4 Å². The molecule has 6 atom stereocenters. The van der Waals surface area contributed by atoms with E-state index in [1.54, 1.807) is 6.26 Å². The lowest BCUT2D eigenvalue weighted by molar-refractivity contribution is -0.233. The minimum atomic E-state index is -1.07. The van der Waals surface area contributed by atoms with Crippen LogP contribution in [0.1, 0.15) is 61.6 Å². The van der Waals surface area contributed by atoms with Crippen LogP contribution in [0.3, 0.4) is 0 Å². The van der Waals surface area contributed by atoms with E-state index >= 15 is 0 Å². The van der Waals surface area contributed by atoms with Crippen molar-refractivity contribution >= 4 is 29.7 Å². The molecule has 3 aromatic rings. The van der Waals surface area contributed by atoms with Gasteiger partial charge in [0.15, 0.2) is 24.6 Å². The molecule has 4 rings (SSSR count). The lowest BCUT2D eigenvalue weighted by Gasteiger charge is -2.44. The van der Waals surface area contributed by atoms with Gasteiger partial charge in [-0.1, -0.05) is 60.7 Å². The van der Waals surface area contributed by atoms with Crippen LogP contribution < -0.4 is 4.74 Å². The van der Waals surface area contributed by atoms with E-state index in [4.69, 9.17) is 28.4 Å². The van der Waals surface area contributed by atoms with Crippen molar-refractivity contribution in [1.82, 2.24) is 0 Å². The third kappa shape index (κ3) is 9.56. The van der Waals surface area contributed by atoms with Gasteiger partial charge in [-0.05, 0) is 66.5 Å². The van der Waals surface area contributed by atoms with Crippen LogP contribution in [0.2, 0.25) is 0 Å². The van der Waals surface area contributed by atoms with E-state index in [1.165, 1.54) is 32.5 Å². The third-order valence-corrected chi connectivity index (χ3v) is 8.13. The molecule has 1 fully saturated rings. The smallest absolute Gasteiger partial charge is 0.303 e. The van der Waals surface area contributed by atoms with Crippen molar-refractivity contribution in [1.29, 1.82) is 0 Å². The number of thioether (sulfide) groups is 1. The van der Waals surface area contributed by atoms with Crippen LogP contribution in [0.5, 0.6) is 5.75 Å². The largest absolute Gasteiger partial charge is 0.465 e. The number of rotatable bonds is 12. The number of ether oxygens (including phenoxy) is 6. The van der Waals surface area contributed by atoms with Gasteiger partial charge in [0.05, 0.1) is 6.61 Å². The molecule has 1 saturated heterocycles. The molecular weight excluding hydrogens is 596 g/mol. The molecule has 0 aromatic heterocycles. The molecule has 240 valence electrons. The first kappa shape index (κ1) is 34.0. The fourth-order valence-corrected chi connectivity index (χ4v) is 5.92. The molecule has 1 heterocycles. The van der Waals surface area contributed by atoms with Crippen molar-refractivity contribution < 1.29 is 42.8 Å². The van der Waals surface area contributed by atoms with E-state index in [0.717, 1.165) is 27.8 Å². The molecule has 0 bridgehead atoms. The first-order valence-electron chi connectivity index (χ1n) is 14.7. The van der Waals surface area contributed by atoms with Crippen LogP contribution in [0.4, 0.5) is 0 Å². The molecule has 0 radical (unpaired) electrons. The molecule has 1 unspecified atom stereocenters. The average Bonchev–Trinajstić information content (AvgIpc) is 3.00. The van der Waals surface area contributed by atoms with Gasteiger partial charge >= 0.3 is 17.9 Å². The fraction of sp³-hybridized carbons (Fsp3) is 0.400. The summed E-state index contributed by atoms with van der Waals surface area (Å²) in [6.07, 6.45) is -1.86. The Morgan fingerprint density at radius 3 is 2.04 bits per heavy atom. The maximum Gasteiger partial charge on any atom is 0.303 e. The molecular formula is C35H40O9S. The highest BCUT2D eigenvalue weighted by atomic mass is 32.2. The van der Waals surface area contributed by atoms with Gasteiger partial charge in [0.25, 0.3) is 0 Å². The molecule has 0 N–H and O–H groups in total. The summed E-state index contributed by atoms with van der Waals surface area (Å²) >= 11 is 1.31. The lowest BCUT2D eigenvalue weighted by Crippen LogP contribution is -2.57. The van der Waals surface area contributed by atoms with Crippen LogP contribution >= 0.6 is 11.8 Å². The zero-order chi connectivity index (χ0) is 32.5. The number of hydrogen-bond donors (Lipinski definition) is 0. The molecule has 45 heavy (non-hydrogen) atoms. The molecule has 3 aromatic carbocycles. The lowest BCUT2D eigenvalue weighted by atomic mass is 9.90. The van der Waals surface area contributed by atoms with Gasteiger partial charge in [-0.25, -0.2) is 0 Å². The third-order valence-electron chi connectivity index (χ3n) is 7.28. The topological polar surface area (TPSA) is 107 Å². The SMILES string of the molecule is CS[C@H]1O[C@@H](c2ccc(C)c(Cc3ccc(OC(C)OCc4ccccc4)cc3)c2)[C@H](OC(C)=O)[C@@H](OC(C)=O)[C@@H]1OC(C)=O. The Balaban J connectivity index is 1.52. The zero-order valence-corrected chi connectivity index (χ0v) is 27.2.